The van der Waals surface area contributed by atoms with Crippen molar-refractivity contribution in [1.82, 2.24) is 16.1 Å². The number of carbonyl (C=O) groups is 3. The molecule has 4 fully saturated rings. The van der Waals surface area contributed by atoms with E-state index in [4.69, 9.17) is 21.2 Å². The number of amides is 2. The molecule has 3 N–H and O–H groups in total. The molecule has 31 heavy (non-hydrogen) atoms. The third-order valence-electron chi connectivity index (χ3n) is 6.39. The Morgan fingerprint density at radius 1 is 1.29 bits per heavy atom. The summed E-state index contributed by atoms with van der Waals surface area (Å²) in [5.41, 5.74) is 1.24. The van der Waals surface area contributed by atoms with Gasteiger partial charge in [0.2, 0.25) is 0 Å². The van der Waals surface area contributed by atoms with Crippen molar-refractivity contribution in [1.29, 1.82) is 0 Å². The molecule has 2 amide bonds. The van der Waals surface area contributed by atoms with E-state index in [-0.39, 0.29) is 41.5 Å². The molecule has 8 nitrogen and oxygen atoms in total. The van der Waals surface area contributed by atoms with Gasteiger partial charge in [-0.3, -0.25) is 19.2 Å². The van der Waals surface area contributed by atoms with Crippen LogP contribution >= 0.6 is 11.6 Å². The van der Waals surface area contributed by atoms with Crippen molar-refractivity contribution in [3.8, 4) is 5.75 Å². The number of nitrogens with one attached hydrogen (secondary N) is 3. The Morgan fingerprint density at radius 3 is 2.65 bits per heavy atom. The first-order valence-corrected chi connectivity index (χ1v) is 10.7. The Balaban J connectivity index is 1.32. The molecule has 3 saturated carbocycles. The molecule has 1 saturated heterocycles. The Kier molecular flexibility index (Phi) is 5.93. The monoisotopic (exact) mass is 453 g/mol. The standard InChI is InChI=1S/C21H25ClFN3O5/c1-12-8-16(31-26-12)19(29)25-20-4-6-21(7-5-20,17(27)10-20)24-18(28)11-30-13-2-3-14(22)15(23)9-13/h2-3,9,12,16,26H,4-8,10-11H2,1H3,(H,24,28)(H,25,29). The first-order chi connectivity index (χ1) is 14.7. The number of fused-ring (bicyclic) bond motifs is 3. The van der Waals surface area contributed by atoms with E-state index in [0.717, 1.165) is 6.07 Å². The molecule has 1 aromatic rings. The number of rotatable bonds is 6. The summed E-state index contributed by atoms with van der Waals surface area (Å²) in [5, 5.41) is 5.81. The molecule has 10 heteroatoms. The van der Waals surface area contributed by atoms with Gasteiger partial charge in [0, 0.05) is 30.5 Å². The Bertz CT molecular complexity index is 903. The van der Waals surface area contributed by atoms with Gasteiger partial charge in [-0.15, -0.1) is 0 Å². The van der Waals surface area contributed by atoms with Crippen molar-refractivity contribution in [2.24, 2.45) is 0 Å². The van der Waals surface area contributed by atoms with Gasteiger partial charge in [0.25, 0.3) is 11.8 Å². The normalized spacial score (nSPS) is 32.0. The summed E-state index contributed by atoms with van der Waals surface area (Å²) in [4.78, 5) is 43.2. The molecule has 0 spiro atoms. The molecular weight excluding hydrogens is 429 g/mol. The molecule has 168 valence electrons. The summed E-state index contributed by atoms with van der Waals surface area (Å²) < 4.78 is 18.8. The zero-order valence-electron chi connectivity index (χ0n) is 17.1. The van der Waals surface area contributed by atoms with Crippen LogP contribution < -0.4 is 20.9 Å². The summed E-state index contributed by atoms with van der Waals surface area (Å²) in [6, 6.07) is 4.00. The SMILES string of the molecule is CC1CC(C(=O)NC23CCC(NC(=O)COc4ccc(Cl)c(F)c4)(CC2)C(=O)C3)ON1. The van der Waals surface area contributed by atoms with Gasteiger partial charge in [0.05, 0.1) is 10.6 Å². The number of carbonyl (C=O) groups excluding carboxylic acids is 3. The molecular formula is C21H25ClFN3O5. The minimum atomic E-state index is -0.946. The average molecular weight is 454 g/mol. The van der Waals surface area contributed by atoms with E-state index in [2.05, 4.69) is 16.1 Å². The van der Waals surface area contributed by atoms with Crippen LogP contribution in [0.25, 0.3) is 0 Å². The van der Waals surface area contributed by atoms with E-state index in [1.165, 1.54) is 12.1 Å². The van der Waals surface area contributed by atoms with Crippen LogP contribution in [-0.4, -0.2) is 47.4 Å². The second-order valence-electron chi connectivity index (χ2n) is 8.73. The highest BCUT2D eigenvalue weighted by atomic mass is 35.5. The zero-order chi connectivity index (χ0) is 22.2. The van der Waals surface area contributed by atoms with Gasteiger partial charge < -0.3 is 15.4 Å². The van der Waals surface area contributed by atoms with Crippen LogP contribution in [-0.2, 0) is 19.2 Å². The molecule has 5 rings (SSSR count). The van der Waals surface area contributed by atoms with Gasteiger partial charge in [-0.1, -0.05) is 11.6 Å². The van der Waals surface area contributed by atoms with Gasteiger partial charge in [0.15, 0.2) is 18.5 Å². The summed E-state index contributed by atoms with van der Waals surface area (Å²) in [7, 11) is 0. The van der Waals surface area contributed by atoms with Crippen LogP contribution in [0, 0.1) is 5.82 Å². The largest absolute Gasteiger partial charge is 0.484 e. The minimum absolute atomic E-state index is 0.0356. The second kappa shape index (κ2) is 8.37. The highest BCUT2D eigenvalue weighted by Gasteiger charge is 2.55. The lowest BCUT2D eigenvalue weighted by Crippen LogP contribution is -2.69. The average Bonchev–Trinajstić information content (AvgIpc) is 3.17. The number of hydroxylamine groups is 1. The van der Waals surface area contributed by atoms with Gasteiger partial charge in [-0.25, -0.2) is 4.39 Å². The lowest BCUT2D eigenvalue weighted by molar-refractivity contribution is -0.145. The quantitative estimate of drug-likeness (QED) is 0.606. The fourth-order valence-electron chi connectivity index (χ4n) is 4.59. The molecule has 1 aliphatic heterocycles. The topological polar surface area (TPSA) is 106 Å². The number of ketones is 1. The van der Waals surface area contributed by atoms with Crippen LogP contribution in [0.4, 0.5) is 4.39 Å². The maximum Gasteiger partial charge on any atom is 0.258 e. The molecule has 0 radical (unpaired) electrons. The predicted molar refractivity (Wildman–Crippen MR) is 109 cm³/mol. The van der Waals surface area contributed by atoms with Crippen molar-refractivity contribution in [2.75, 3.05) is 6.61 Å². The van der Waals surface area contributed by atoms with Crippen LogP contribution in [0.1, 0.15) is 45.4 Å². The predicted octanol–water partition coefficient (Wildman–Crippen LogP) is 1.80. The first kappa shape index (κ1) is 22.0. The smallest absolute Gasteiger partial charge is 0.258 e. The van der Waals surface area contributed by atoms with Gasteiger partial charge >= 0.3 is 0 Å². The van der Waals surface area contributed by atoms with Crippen LogP contribution in [0.15, 0.2) is 18.2 Å². The summed E-state index contributed by atoms with van der Waals surface area (Å²) in [6.45, 7) is 1.59. The zero-order valence-corrected chi connectivity index (χ0v) is 17.9. The second-order valence-corrected chi connectivity index (χ2v) is 9.13. The number of hydrogen-bond donors (Lipinski definition) is 3. The van der Waals surface area contributed by atoms with Crippen LogP contribution in [0.2, 0.25) is 5.02 Å². The molecule has 2 unspecified atom stereocenters. The summed E-state index contributed by atoms with van der Waals surface area (Å²) >= 11 is 5.63. The highest BCUT2D eigenvalue weighted by Crippen LogP contribution is 2.45. The van der Waals surface area contributed by atoms with E-state index >= 15 is 0 Å². The molecule has 2 atom stereocenters. The number of Topliss-reactive ketones (excluding diaryl/α,β-unsaturated/α-hetero) is 1. The van der Waals surface area contributed by atoms with Crippen molar-refractivity contribution in [2.45, 2.75) is 68.7 Å². The van der Waals surface area contributed by atoms with Crippen molar-refractivity contribution >= 4 is 29.2 Å². The van der Waals surface area contributed by atoms with Gasteiger partial charge in [-0.05, 0) is 44.7 Å². The van der Waals surface area contributed by atoms with Gasteiger partial charge in [-0.2, -0.15) is 5.48 Å². The third-order valence-corrected chi connectivity index (χ3v) is 6.70. The fourth-order valence-corrected chi connectivity index (χ4v) is 4.71. The minimum Gasteiger partial charge on any atom is -0.484 e. The van der Waals surface area contributed by atoms with E-state index in [9.17, 15) is 18.8 Å². The summed E-state index contributed by atoms with van der Waals surface area (Å²) in [6.07, 6.45) is 2.22. The molecule has 0 aromatic heterocycles. The molecule has 1 heterocycles. The molecule has 2 bridgehead atoms. The molecule has 4 aliphatic rings. The lowest BCUT2D eigenvalue weighted by atomic mass is 9.60. The highest BCUT2D eigenvalue weighted by molar-refractivity contribution is 6.30. The Hall–Kier alpha value is -2.23. The van der Waals surface area contributed by atoms with Crippen LogP contribution in [0.5, 0.6) is 5.75 Å². The summed E-state index contributed by atoms with van der Waals surface area (Å²) in [5.74, 6) is -1.24. The van der Waals surface area contributed by atoms with Crippen molar-refractivity contribution < 1.29 is 28.3 Å². The lowest BCUT2D eigenvalue weighted by Gasteiger charge is -2.52. The number of hydrogen-bond acceptors (Lipinski definition) is 6. The maximum absolute atomic E-state index is 13.5. The van der Waals surface area contributed by atoms with E-state index in [0.29, 0.717) is 32.1 Å². The van der Waals surface area contributed by atoms with Crippen LogP contribution in [0.3, 0.4) is 0 Å². The number of ether oxygens (including phenoxy) is 1. The Morgan fingerprint density at radius 2 is 2.03 bits per heavy atom. The van der Waals surface area contributed by atoms with E-state index in [1.807, 2.05) is 6.92 Å². The van der Waals surface area contributed by atoms with Crippen molar-refractivity contribution in [3.05, 3.63) is 29.0 Å². The maximum atomic E-state index is 13.5. The molecule has 3 aliphatic carbocycles. The first-order valence-electron chi connectivity index (χ1n) is 10.4. The number of halogens is 2. The fraction of sp³-hybridized carbons (Fsp3) is 0.571. The van der Waals surface area contributed by atoms with Crippen molar-refractivity contribution in [3.63, 3.8) is 0 Å². The number of benzene rings is 1. The third kappa shape index (κ3) is 4.53. The van der Waals surface area contributed by atoms with E-state index in [1.54, 1.807) is 0 Å². The van der Waals surface area contributed by atoms with E-state index < -0.39 is 28.9 Å². The molecule has 1 aromatic carbocycles. The van der Waals surface area contributed by atoms with Gasteiger partial charge in [0.1, 0.15) is 11.6 Å². The Labute approximate surface area is 184 Å².